The van der Waals surface area contributed by atoms with Crippen LogP contribution in [-0.4, -0.2) is 21.3 Å². The number of carboxylic acids is 1. The molecule has 2 N–H and O–H groups in total. The first kappa shape index (κ1) is 14.8. The summed E-state index contributed by atoms with van der Waals surface area (Å²) in [6.45, 7) is 4.70. The summed E-state index contributed by atoms with van der Waals surface area (Å²) >= 11 is 0. The summed E-state index contributed by atoms with van der Waals surface area (Å²) in [5.74, 6) is -0.355. The maximum atomic E-state index is 10.9. The number of carboxylic acid groups (broad SMARTS) is 1. The molecule has 0 radical (unpaired) electrons. The summed E-state index contributed by atoms with van der Waals surface area (Å²) in [7, 11) is 0. The van der Waals surface area contributed by atoms with Gasteiger partial charge in [-0.05, 0) is 42.2 Å². The highest BCUT2D eigenvalue weighted by atomic mass is 16.4. The van der Waals surface area contributed by atoms with Crippen molar-refractivity contribution in [3.05, 3.63) is 41.6 Å². The summed E-state index contributed by atoms with van der Waals surface area (Å²) in [6, 6.07) is 9.98. The van der Waals surface area contributed by atoms with E-state index in [-0.39, 0.29) is 5.69 Å². The second-order valence-electron chi connectivity index (χ2n) is 7.05. The average molecular weight is 298 g/mol. The molecule has 1 aromatic carbocycles. The smallest absolute Gasteiger partial charge is 0.353 e. The number of H-pyrrole nitrogens is 1. The Morgan fingerprint density at radius 1 is 1.32 bits per heavy atom. The lowest BCUT2D eigenvalue weighted by molar-refractivity contribution is 0.0690. The third kappa shape index (κ3) is 3.06. The summed E-state index contributed by atoms with van der Waals surface area (Å²) in [5, 5.41) is 15.5. The number of hydrogen-bond acceptors (Lipinski definition) is 2. The third-order valence-electron chi connectivity index (χ3n) is 4.69. The number of aromatic carboxylic acids is 1. The summed E-state index contributed by atoms with van der Waals surface area (Å²) in [5.41, 5.74) is 3.55. The average Bonchev–Trinajstić information content (AvgIpc) is 2.96. The number of aromatic nitrogens is 2. The van der Waals surface area contributed by atoms with Gasteiger partial charge in [0, 0.05) is 5.56 Å². The Morgan fingerprint density at radius 2 is 2.05 bits per heavy atom. The highest BCUT2D eigenvalue weighted by Gasteiger charge is 2.28. The number of hydrogen-bond donors (Lipinski definition) is 2. The van der Waals surface area contributed by atoms with E-state index in [0.29, 0.717) is 17.0 Å². The maximum absolute atomic E-state index is 10.9. The highest BCUT2D eigenvalue weighted by Crippen LogP contribution is 2.43. The van der Waals surface area contributed by atoms with Crippen LogP contribution in [0, 0.1) is 5.41 Å². The lowest BCUT2D eigenvalue weighted by Crippen LogP contribution is -2.21. The molecule has 116 valence electrons. The van der Waals surface area contributed by atoms with Crippen molar-refractivity contribution >= 4 is 5.97 Å². The molecule has 0 spiro atoms. The van der Waals surface area contributed by atoms with Gasteiger partial charge in [-0.3, -0.25) is 5.10 Å². The van der Waals surface area contributed by atoms with Gasteiger partial charge in [0.25, 0.3) is 0 Å². The Bertz CT molecular complexity index is 671. The molecule has 1 aliphatic rings. The highest BCUT2D eigenvalue weighted by molar-refractivity contribution is 5.86. The Morgan fingerprint density at radius 3 is 2.64 bits per heavy atom. The van der Waals surface area contributed by atoms with E-state index in [2.05, 4.69) is 36.2 Å². The van der Waals surface area contributed by atoms with E-state index < -0.39 is 5.97 Å². The minimum atomic E-state index is -0.986. The molecule has 1 aliphatic carbocycles. The van der Waals surface area contributed by atoms with E-state index in [0.717, 1.165) is 5.56 Å². The quantitative estimate of drug-likeness (QED) is 0.879. The molecule has 1 atom stereocenters. The van der Waals surface area contributed by atoms with Crippen LogP contribution in [0.3, 0.4) is 0 Å². The van der Waals surface area contributed by atoms with E-state index in [1.165, 1.54) is 31.2 Å². The molecule has 22 heavy (non-hydrogen) atoms. The van der Waals surface area contributed by atoms with Gasteiger partial charge in [-0.1, -0.05) is 44.5 Å². The summed E-state index contributed by atoms with van der Waals surface area (Å²) < 4.78 is 0. The molecule has 1 unspecified atom stereocenters. The van der Waals surface area contributed by atoms with E-state index >= 15 is 0 Å². The zero-order valence-electron chi connectivity index (χ0n) is 13.1. The van der Waals surface area contributed by atoms with Gasteiger partial charge < -0.3 is 5.11 Å². The van der Waals surface area contributed by atoms with Crippen LogP contribution in [0.5, 0.6) is 0 Å². The van der Waals surface area contributed by atoms with Crippen LogP contribution in [0.4, 0.5) is 0 Å². The number of benzene rings is 1. The van der Waals surface area contributed by atoms with Crippen molar-refractivity contribution in [1.82, 2.24) is 10.2 Å². The summed E-state index contributed by atoms with van der Waals surface area (Å²) in [4.78, 5) is 10.9. The predicted octanol–water partition coefficient (Wildman–Crippen LogP) is 4.46. The molecule has 4 heteroatoms. The molecule has 0 saturated heterocycles. The van der Waals surface area contributed by atoms with Crippen molar-refractivity contribution in [2.24, 2.45) is 5.41 Å². The number of nitrogens with one attached hydrogen (secondary N) is 1. The van der Waals surface area contributed by atoms with Gasteiger partial charge in [0.05, 0.1) is 5.69 Å². The minimum Gasteiger partial charge on any atom is -0.477 e. The van der Waals surface area contributed by atoms with E-state index in [1.54, 1.807) is 6.07 Å². The van der Waals surface area contributed by atoms with Gasteiger partial charge in [-0.15, -0.1) is 0 Å². The van der Waals surface area contributed by atoms with Crippen LogP contribution in [0.2, 0.25) is 0 Å². The van der Waals surface area contributed by atoms with Crippen molar-refractivity contribution < 1.29 is 9.90 Å². The van der Waals surface area contributed by atoms with Crippen molar-refractivity contribution in [2.45, 2.75) is 45.4 Å². The van der Waals surface area contributed by atoms with Crippen molar-refractivity contribution in [1.29, 1.82) is 0 Å². The molecular weight excluding hydrogens is 276 g/mol. The third-order valence-corrected chi connectivity index (χ3v) is 4.69. The first-order valence-electron chi connectivity index (χ1n) is 7.84. The first-order valence-corrected chi connectivity index (χ1v) is 7.84. The first-order chi connectivity index (χ1) is 10.4. The van der Waals surface area contributed by atoms with Crippen molar-refractivity contribution in [2.75, 3.05) is 0 Å². The van der Waals surface area contributed by atoms with Crippen LogP contribution in [0.15, 0.2) is 30.3 Å². The minimum absolute atomic E-state index is 0.119. The molecule has 1 saturated carbocycles. The lowest BCUT2D eigenvalue weighted by atomic mass is 9.70. The van der Waals surface area contributed by atoms with Crippen LogP contribution in [-0.2, 0) is 0 Å². The molecule has 1 aromatic heterocycles. The van der Waals surface area contributed by atoms with Crippen LogP contribution in [0.1, 0.15) is 61.5 Å². The molecule has 0 amide bonds. The SMILES string of the molecule is CC1(C)CCCC(c2ccc(-c3cc(C(=O)O)[nH]n3)cc2)C1. The normalized spacial score (nSPS) is 20.7. The van der Waals surface area contributed by atoms with Gasteiger partial charge in [0.1, 0.15) is 5.69 Å². The molecule has 4 nitrogen and oxygen atoms in total. The fourth-order valence-electron chi connectivity index (χ4n) is 3.49. The zero-order chi connectivity index (χ0) is 15.7. The van der Waals surface area contributed by atoms with E-state index in [1.807, 2.05) is 12.1 Å². The molecule has 1 heterocycles. The largest absolute Gasteiger partial charge is 0.477 e. The topological polar surface area (TPSA) is 66.0 Å². The van der Waals surface area contributed by atoms with E-state index in [9.17, 15) is 4.79 Å². The van der Waals surface area contributed by atoms with Gasteiger partial charge in [0.2, 0.25) is 0 Å². The Kier molecular flexibility index (Phi) is 3.77. The lowest BCUT2D eigenvalue weighted by Gasteiger charge is -2.35. The number of nitrogens with zero attached hydrogens (tertiary/aromatic N) is 1. The molecule has 0 bridgehead atoms. The van der Waals surface area contributed by atoms with Crippen LogP contribution < -0.4 is 0 Å². The second kappa shape index (κ2) is 5.59. The number of aromatic amines is 1. The van der Waals surface area contributed by atoms with Gasteiger partial charge in [-0.2, -0.15) is 5.10 Å². The molecular formula is C18H22N2O2. The van der Waals surface area contributed by atoms with Crippen LogP contribution >= 0.6 is 0 Å². The fourth-order valence-corrected chi connectivity index (χ4v) is 3.49. The maximum Gasteiger partial charge on any atom is 0.353 e. The van der Waals surface area contributed by atoms with Gasteiger partial charge >= 0.3 is 5.97 Å². The number of rotatable bonds is 3. The predicted molar refractivity (Wildman–Crippen MR) is 86.0 cm³/mol. The summed E-state index contributed by atoms with van der Waals surface area (Å²) in [6.07, 6.45) is 5.10. The monoisotopic (exact) mass is 298 g/mol. The fraction of sp³-hybridized carbons (Fsp3) is 0.444. The Balaban J connectivity index is 1.78. The van der Waals surface area contributed by atoms with Gasteiger partial charge in [-0.25, -0.2) is 4.79 Å². The molecule has 2 aromatic rings. The molecule has 1 fully saturated rings. The standard InChI is InChI=1S/C18H22N2O2/c1-18(2)9-3-4-14(11-18)12-5-7-13(8-6-12)15-10-16(17(21)22)20-19-15/h5-8,10,14H,3-4,9,11H2,1-2H3,(H,19,20)(H,21,22). The number of carbonyl (C=O) groups is 1. The molecule has 3 rings (SSSR count). The second-order valence-corrected chi connectivity index (χ2v) is 7.05. The van der Waals surface area contributed by atoms with Crippen molar-refractivity contribution in [3.63, 3.8) is 0 Å². The Labute approximate surface area is 130 Å². The van der Waals surface area contributed by atoms with Crippen molar-refractivity contribution in [3.8, 4) is 11.3 Å². The van der Waals surface area contributed by atoms with Gasteiger partial charge in [0.15, 0.2) is 0 Å². The Hall–Kier alpha value is -2.10. The van der Waals surface area contributed by atoms with E-state index in [4.69, 9.17) is 5.11 Å². The zero-order valence-corrected chi connectivity index (χ0v) is 13.1. The molecule has 0 aliphatic heterocycles. The van der Waals surface area contributed by atoms with Crippen LogP contribution in [0.25, 0.3) is 11.3 Å².